The molecule has 0 spiro atoms. The molecule has 1 fully saturated rings. The lowest BCUT2D eigenvalue weighted by molar-refractivity contribution is -0.929. The van der Waals surface area contributed by atoms with Gasteiger partial charge in [0.15, 0.2) is 0 Å². The van der Waals surface area contributed by atoms with E-state index in [0.29, 0.717) is 0 Å². The van der Waals surface area contributed by atoms with E-state index >= 15 is 0 Å². The van der Waals surface area contributed by atoms with Gasteiger partial charge in [-0.2, -0.15) is 0 Å². The highest BCUT2D eigenvalue weighted by Crippen LogP contribution is 2.21. The third-order valence-corrected chi connectivity index (χ3v) is 3.83. The van der Waals surface area contributed by atoms with Gasteiger partial charge >= 0.3 is 0 Å². The Morgan fingerprint density at radius 2 is 1.93 bits per heavy atom. The summed E-state index contributed by atoms with van der Waals surface area (Å²) in [7, 11) is 2.31. The van der Waals surface area contributed by atoms with Crippen molar-refractivity contribution in [3.8, 4) is 0 Å². The smallest absolute Gasteiger partial charge is 0.105 e. The van der Waals surface area contributed by atoms with Crippen LogP contribution in [0.1, 0.15) is 5.56 Å². The number of likely N-dealkylation sites (N-methyl/N-ethyl adjacent to an activating group) is 1. The molecule has 0 amide bonds. The lowest BCUT2D eigenvalue weighted by atomic mass is 10.2. The van der Waals surface area contributed by atoms with Crippen LogP contribution in [-0.4, -0.2) is 37.8 Å². The normalized spacial score (nSPS) is 20.1. The van der Waals surface area contributed by atoms with Gasteiger partial charge in [-0.25, -0.2) is 0 Å². The van der Waals surface area contributed by atoms with Crippen molar-refractivity contribution in [1.29, 1.82) is 0 Å². The summed E-state index contributed by atoms with van der Waals surface area (Å²) < 4.78 is 7.71. The molecule has 82 valence electrons. The van der Waals surface area contributed by atoms with Gasteiger partial charge in [0.25, 0.3) is 0 Å². The maximum atomic E-state index is 5.41. The van der Waals surface area contributed by atoms with Crippen LogP contribution in [-0.2, 0) is 11.3 Å². The van der Waals surface area contributed by atoms with Crippen LogP contribution >= 0.6 is 15.9 Å². The fourth-order valence-electron chi connectivity index (χ4n) is 1.98. The Hall–Kier alpha value is -0.380. The minimum atomic E-state index is 0.890. The van der Waals surface area contributed by atoms with Crippen molar-refractivity contribution in [1.82, 2.24) is 0 Å². The molecule has 0 unspecified atom stereocenters. The van der Waals surface area contributed by atoms with E-state index < -0.39 is 0 Å². The van der Waals surface area contributed by atoms with Crippen molar-refractivity contribution in [3.63, 3.8) is 0 Å². The molecule has 15 heavy (non-hydrogen) atoms. The molecule has 1 aliphatic rings. The lowest BCUT2D eigenvalue weighted by Gasteiger charge is -2.37. The maximum absolute atomic E-state index is 5.41. The zero-order chi connectivity index (χ0) is 10.7. The van der Waals surface area contributed by atoms with Crippen LogP contribution in [0.15, 0.2) is 28.7 Å². The van der Waals surface area contributed by atoms with Crippen molar-refractivity contribution in [2.45, 2.75) is 6.54 Å². The van der Waals surface area contributed by atoms with Crippen LogP contribution in [0.4, 0.5) is 0 Å². The summed E-state index contributed by atoms with van der Waals surface area (Å²) in [5.41, 5.74) is 1.39. The first-order valence-corrected chi connectivity index (χ1v) is 6.14. The summed E-state index contributed by atoms with van der Waals surface area (Å²) in [5.74, 6) is 0. The summed E-state index contributed by atoms with van der Waals surface area (Å²) in [6.45, 7) is 5.09. The summed E-state index contributed by atoms with van der Waals surface area (Å²) in [4.78, 5) is 0. The zero-order valence-electron chi connectivity index (χ0n) is 9.08. The molecule has 2 rings (SSSR count). The number of morpholine rings is 1. The van der Waals surface area contributed by atoms with Crippen LogP contribution in [0.3, 0.4) is 0 Å². The van der Waals surface area contributed by atoms with Gasteiger partial charge in [-0.15, -0.1) is 0 Å². The van der Waals surface area contributed by atoms with Gasteiger partial charge < -0.3 is 9.22 Å². The molecule has 1 heterocycles. The fourth-order valence-corrected chi connectivity index (χ4v) is 2.39. The lowest BCUT2D eigenvalue weighted by Crippen LogP contribution is -2.51. The quantitative estimate of drug-likeness (QED) is 0.751. The van der Waals surface area contributed by atoms with E-state index in [1.807, 2.05) is 0 Å². The Kier molecular flexibility index (Phi) is 3.44. The Morgan fingerprint density at radius 1 is 1.27 bits per heavy atom. The molecule has 1 aromatic rings. The van der Waals surface area contributed by atoms with Crippen molar-refractivity contribution in [3.05, 3.63) is 34.3 Å². The first kappa shape index (κ1) is 11.1. The zero-order valence-corrected chi connectivity index (χ0v) is 10.7. The van der Waals surface area contributed by atoms with Crippen LogP contribution in [0.5, 0.6) is 0 Å². The van der Waals surface area contributed by atoms with Gasteiger partial charge in [0.05, 0.1) is 20.3 Å². The Labute approximate surface area is 99.6 Å². The molecule has 1 saturated heterocycles. The topological polar surface area (TPSA) is 9.23 Å². The van der Waals surface area contributed by atoms with Crippen molar-refractivity contribution >= 4 is 15.9 Å². The van der Waals surface area contributed by atoms with Gasteiger partial charge in [-0.3, -0.25) is 0 Å². The Bertz CT molecular complexity index is 334. The summed E-state index contributed by atoms with van der Waals surface area (Å²) in [5, 5.41) is 0. The molecule has 2 nitrogen and oxygen atoms in total. The third kappa shape index (κ3) is 2.80. The minimum Gasteiger partial charge on any atom is -0.370 e. The second-order valence-corrected chi connectivity index (χ2v) is 5.28. The molecule has 1 aliphatic heterocycles. The molecule has 0 aromatic heterocycles. The second-order valence-electron chi connectivity index (χ2n) is 4.43. The number of quaternary nitrogens is 1. The van der Waals surface area contributed by atoms with Gasteiger partial charge in [0.1, 0.15) is 19.6 Å². The van der Waals surface area contributed by atoms with E-state index in [1.165, 1.54) is 10.0 Å². The highest BCUT2D eigenvalue weighted by molar-refractivity contribution is 9.10. The fraction of sp³-hybridized carbons (Fsp3) is 0.500. The Balaban J connectivity index is 2.10. The first-order chi connectivity index (χ1) is 7.20. The predicted octanol–water partition coefficient (Wildman–Crippen LogP) is 2.43. The number of hydrogen-bond acceptors (Lipinski definition) is 1. The molecule has 1 aromatic carbocycles. The van der Waals surface area contributed by atoms with Crippen LogP contribution in [0.2, 0.25) is 0 Å². The van der Waals surface area contributed by atoms with Crippen LogP contribution in [0.25, 0.3) is 0 Å². The number of ether oxygens (including phenoxy) is 1. The van der Waals surface area contributed by atoms with E-state index in [4.69, 9.17) is 4.74 Å². The molecule has 0 radical (unpaired) electrons. The maximum Gasteiger partial charge on any atom is 0.105 e. The monoisotopic (exact) mass is 270 g/mol. The third-order valence-electron chi connectivity index (χ3n) is 3.06. The number of hydrogen-bond donors (Lipinski definition) is 0. The van der Waals surface area contributed by atoms with E-state index in [2.05, 4.69) is 47.2 Å². The van der Waals surface area contributed by atoms with Gasteiger partial charge in [0.2, 0.25) is 0 Å². The average Bonchev–Trinajstić information content (AvgIpc) is 2.22. The van der Waals surface area contributed by atoms with Crippen LogP contribution < -0.4 is 0 Å². The molecule has 0 saturated carbocycles. The van der Waals surface area contributed by atoms with Crippen molar-refractivity contribution in [2.24, 2.45) is 0 Å². The second kappa shape index (κ2) is 4.64. The van der Waals surface area contributed by atoms with Crippen molar-refractivity contribution in [2.75, 3.05) is 33.4 Å². The molecule has 3 heteroatoms. The van der Waals surface area contributed by atoms with E-state index in [-0.39, 0.29) is 0 Å². The molecule has 0 atom stereocenters. The van der Waals surface area contributed by atoms with Crippen LogP contribution in [0, 0.1) is 0 Å². The van der Waals surface area contributed by atoms with E-state index in [0.717, 1.165) is 37.3 Å². The number of benzene rings is 1. The predicted molar refractivity (Wildman–Crippen MR) is 64.6 cm³/mol. The molecule has 0 bridgehead atoms. The Morgan fingerprint density at radius 3 is 2.60 bits per heavy atom. The van der Waals surface area contributed by atoms with Gasteiger partial charge in [-0.1, -0.05) is 34.1 Å². The summed E-state index contributed by atoms with van der Waals surface area (Å²) in [6.07, 6.45) is 0. The highest BCUT2D eigenvalue weighted by atomic mass is 79.9. The number of halogens is 1. The van der Waals surface area contributed by atoms with Gasteiger partial charge in [0, 0.05) is 10.0 Å². The molecule has 0 aliphatic carbocycles. The largest absolute Gasteiger partial charge is 0.370 e. The molecular weight excluding hydrogens is 254 g/mol. The van der Waals surface area contributed by atoms with E-state index in [1.54, 1.807) is 0 Å². The SMILES string of the molecule is C[N+]1(Cc2ccccc2Br)CCOCC1. The minimum absolute atomic E-state index is 0.890. The molecular formula is C12H17BrNO+. The first-order valence-electron chi connectivity index (χ1n) is 5.34. The summed E-state index contributed by atoms with van der Waals surface area (Å²) in [6, 6.07) is 8.48. The number of rotatable bonds is 2. The molecule has 0 N–H and O–H groups in total. The number of nitrogens with zero attached hydrogens (tertiary/aromatic N) is 1. The summed E-state index contributed by atoms with van der Waals surface area (Å²) >= 11 is 3.61. The average molecular weight is 271 g/mol. The highest BCUT2D eigenvalue weighted by Gasteiger charge is 2.25. The van der Waals surface area contributed by atoms with Gasteiger partial charge in [-0.05, 0) is 6.07 Å². The van der Waals surface area contributed by atoms with Crippen molar-refractivity contribution < 1.29 is 9.22 Å². The van der Waals surface area contributed by atoms with E-state index in [9.17, 15) is 0 Å². The standard InChI is InChI=1S/C12H17BrNO/c1-14(6-8-15-9-7-14)10-11-4-2-3-5-12(11)13/h2-5H,6-10H2,1H3/q+1.